The quantitative estimate of drug-likeness (QED) is 0.517. The van der Waals surface area contributed by atoms with E-state index in [4.69, 9.17) is 11.2 Å². The Balaban J connectivity index is 4.38. The average molecular weight is 213 g/mol. The van der Waals surface area contributed by atoms with Gasteiger partial charge < -0.3 is 9.47 Å². The summed E-state index contributed by atoms with van der Waals surface area (Å²) in [5.41, 5.74) is -0.388. The Kier molecular flexibility index (Phi) is 5.99. The van der Waals surface area contributed by atoms with Crippen molar-refractivity contribution in [1.82, 2.24) is 5.32 Å². The second-order valence-electron chi connectivity index (χ2n) is 3.83. The number of ether oxygens (including phenoxy) is 2. The van der Waals surface area contributed by atoms with Crippen LogP contribution in [0.1, 0.15) is 20.3 Å². The normalized spacial score (nSPS) is 13.0. The van der Waals surface area contributed by atoms with Gasteiger partial charge in [0.05, 0.1) is 19.3 Å². The third kappa shape index (κ3) is 5.40. The van der Waals surface area contributed by atoms with Gasteiger partial charge in [-0.3, -0.25) is 10.1 Å². The van der Waals surface area contributed by atoms with Gasteiger partial charge in [-0.2, -0.15) is 0 Å². The Bertz CT molecular complexity index is 243. The minimum atomic E-state index is -0.430. The van der Waals surface area contributed by atoms with Gasteiger partial charge in [0, 0.05) is 13.5 Å². The molecule has 1 atom stereocenters. The van der Waals surface area contributed by atoms with Gasteiger partial charge in [0.15, 0.2) is 0 Å². The molecular formula is C11H19NO3. The number of terminal acetylenes is 1. The number of rotatable bonds is 6. The molecule has 15 heavy (non-hydrogen) atoms. The Hall–Kier alpha value is -1.05. The van der Waals surface area contributed by atoms with Crippen LogP contribution in [-0.4, -0.2) is 38.4 Å². The highest BCUT2D eigenvalue weighted by molar-refractivity contribution is 5.75. The van der Waals surface area contributed by atoms with E-state index in [0.717, 1.165) is 0 Å². The lowest BCUT2D eigenvalue weighted by molar-refractivity contribution is -0.145. The summed E-state index contributed by atoms with van der Waals surface area (Å²) in [4.78, 5) is 11.4. The lowest BCUT2D eigenvalue weighted by Crippen LogP contribution is -2.43. The summed E-state index contributed by atoms with van der Waals surface area (Å²) in [7, 11) is 2.96. The Morgan fingerprint density at radius 3 is 2.53 bits per heavy atom. The molecule has 86 valence electrons. The molecule has 0 spiro atoms. The molecule has 4 heteroatoms. The van der Waals surface area contributed by atoms with Crippen molar-refractivity contribution in [1.29, 1.82) is 0 Å². The lowest BCUT2D eigenvalue weighted by Gasteiger charge is -2.27. The predicted octanol–water partition coefficient (Wildman–Crippen LogP) is 0.566. The fourth-order valence-electron chi connectivity index (χ4n) is 1.14. The van der Waals surface area contributed by atoms with E-state index in [9.17, 15) is 4.79 Å². The van der Waals surface area contributed by atoms with Gasteiger partial charge in [0.2, 0.25) is 0 Å². The molecular weight excluding hydrogens is 194 g/mol. The second kappa shape index (κ2) is 6.44. The summed E-state index contributed by atoms with van der Waals surface area (Å²) >= 11 is 0. The van der Waals surface area contributed by atoms with E-state index in [1.54, 1.807) is 7.11 Å². The maximum Gasteiger partial charge on any atom is 0.322 e. The van der Waals surface area contributed by atoms with E-state index >= 15 is 0 Å². The fraction of sp³-hybridized carbons (Fsp3) is 0.727. The minimum absolute atomic E-state index is 0.324. The summed E-state index contributed by atoms with van der Waals surface area (Å²) in [6, 6.07) is -0.430. The van der Waals surface area contributed by atoms with Crippen LogP contribution in [0.15, 0.2) is 0 Å². The van der Waals surface area contributed by atoms with Crippen molar-refractivity contribution in [2.45, 2.75) is 31.9 Å². The van der Waals surface area contributed by atoms with Crippen LogP contribution in [0.5, 0.6) is 0 Å². The SMILES string of the molecule is C#CCNC(CC(C)(C)OC)C(=O)OC. The molecule has 0 aliphatic carbocycles. The smallest absolute Gasteiger partial charge is 0.322 e. The van der Waals surface area contributed by atoms with E-state index in [1.165, 1.54) is 7.11 Å². The Morgan fingerprint density at radius 1 is 1.53 bits per heavy atom. The summed E-state index contributed by atoms with van der Waals surface area (Å²) in [5, 5.41) is 2.92. The van der Waals surface area contributed by atoms with Crippen molar-refractivity contribution in [2.24, 2.45) is 0 Å². The zero-order valence-electron chi connectivity index (χ0n) is 9.79. The van der Waals surface area contributed by atoms with Crippen LogP contribution in [0.4, 0.5) is 0 Å². The highest BCUT2D eigenvalue weighted by Gasteiger charge is 2.27. The molecule has 0 bridgehead atoms. The molecule has 0 rings (SSSR count). The van der Waals surface area contributed by atoms with Crippen LogP contribution in [0.25, 0.3) is 0 Å². The maximum absolute atomic E-state index is 11.4. The van der Waals surface area contributed by atoms with Gasteiger partial charge in [-0.05, 0) is 13.8 Å². The lowest BCUT2D eigenvalue weighted by atomic mass is 9.99. The van der Waals surface area contributed by atoms with Crippen LogP contribution >= 0.6 is 0 Å². The Labute approximate surface area is 91.3 Å². The number of hydrogen-bond acceptors (Lipinski definition) is 4. The van der Waals surface area contributed by atoms with E-state index in [0.29, 0.717) is 13.0 Å². The van der Waals surface area contributed by atoms with Crippen LogP contribution < -0.4 is 5.32 Å². The third-order valence-corrected chi connectivity index (χ3v) is 2.18. The number of hydrogen-bond donors (Lipinski definition) is 1. The first-order valence-electron chi connectivity index (χ1n) is 4.76. The van der Waals surface area contributed by atoms with Crippen molar-refractivity contribution in [3.8, 4) is 12.3 Å². The molecule has 0 saturated carbocycles. The molecule has 1 N–H and O–H groups in total. The van der Waals surface area contributed by atoms with Crippen LogP contribution in [0.3, 0.4) is 0 Å². The number of nitrogens with one attached hydrogen (secondary N) is 1. The molecule has 0 aliphatic rings. The van der Waals surface area contributed by atoms with Gasteiger partial charge >= 0.3 is 5.97 Å². The van der Waals surface area contributed by atoms with E-state index < -0.39 is 6.04 Å². The molecule has 4 nitrogen and oxygen atoms in total. The molecule has 0 aromatic rings. The summed E-state index contributed by atoms with van der Waals surface area (Å²) in [6.45, 7) is 4.14. The monoisotopic (exact) mass is 213 g/mol. The topological polar surface area (TPSA) is 47.6 Å². The highest BCUT2D eigenvalue weighted by atomic mass is 16.5. The molecule has 0 aromatic carbocycles. The zero-order valence-corrected chi connectivity index (χ0v) is 9.79. The summed E-state index contributed by atoms with van der Waals surface area (Å²) in [5.74, 6) is 2.10. The molecule has 1 unspecified atom stereocenters. The average Bonchev–Trinajstić information content (AvgIpc) is 2.23. The van der Waals surface area contributed by atoms with Crippen LogP contribution in [0, 0.1) is 12.3 Å². The van der Waals surface area contributed by atoms with Crippen LogP contribution in [-0.2, 0) is 14.3 Å². The first-order chi connectivity index (χ1) is 6.96. The number of carbonyl (C=O) groups is 1. The minimum Gasteiger partial charge on any atom is -0.468 e. The number of methoxy groups -OCH3 is 2. The summed E-state index contributed by atoms with van der Waals surface area (Å²) in [6.07, 6.45) is 5.63. The van der Waals surface area contributed by atoms with Crippen molar-refractivity contribution in [2.75, 3.05) is 20.8 Å². The fourth-order valence-corrected chi connectivity index (χ4v) is 1.14. The van der Waals surface area contributed by atoms with E-state index in [2.05, 4.69) is 16.0 Å². The second-order valence-corrected chi connectivity index (χ2v) is 3.83. The number of esters is 1. The zero-order chi connectivity index (χ0) is 11.9. The number of carbonyl (C=O) groups excluding carboxylic acids is 1. The van der Waals surface area contributed by atoms with Crippen LogP contribution in [0.2, 0.25) is 0 Å². The third-order valence-electron chi connectivity index (χ3n) is 2.18. The molecule has 0 radical (unpaired) electrons. The highest BCUT2D eigenvalue weighted by Crippen LogP contribution is 2.16. The van der Waals surface area contributed by atoms with Crippen molar-refractivity contribution >= 4 is 5.97 Å². The van der Waals surface area contributed by atoms with Gasteiger partial charge in [0.1, 0.15) is 6.04 Å². The van der Waals surface area contributed by atoms with Crippen molar-refractivity contribution < 1.29 is 14.3 Å². The van der Waals surface area contributed by atoms with E-state index in [1.807, 2.05) is 13.8 Å². The molecule has 0 heterocycles. The molecule has 0 fully saturated rings. The van der Waals surface area contributed by atoms with Gasteiger partial charge in [-0.25, -0.2) is 0 Å². The van der Waals surface area contributed by atoms with Gasteiger partial charge in [-0.1, -0.05) is 5.92 Å². The first kappa shape index (κ1) is 13.9. The first-order valence-corrected chi connectivity index (χ1v) is 4.76. The Morgan fingerprint density at radius 2 is 2.13 bits per heavy atom. The summed E-state index contributed by atoms with van der Waals surface area (Å²) < 4.78 is 9.92. The molecule has 0 aromatic heterocycles. The van der Waals surface area contributed by atoms with Crippen molar-refractivity contribution in [3.63, 3.8) is 0 Å². The maximum atomic E-state index is 11.4. The van der Waals surface area contributed by atoms with Crippen molar-refractivity contribution in [3.05, 3.63) is 0 Å². The molecule has 0 aliphatic heterocycles. The predicted molar refractivity (Wildman–Crippen MR) is 58.3 cm³/mol. The van der Waals surface area contributed by atoms with Gasteiger partial charge in [0.25, 0.3) is 0 Å². The molecule has 0 saturated heterocycles. The molecule has 0 amide bonds. The van der Waals surface area contributed by atoms with Gasteiger partial charge in [-0.15, -0.1) is 6.42 Å². The largest absolute Gasteiger partial charge is 0.468 e. The standard InChI is InChI=1S/C11H19NO3/c1-6-7-12-9(10(13)14-4)8-11(2,3)15-5/h1,9,12H,7-8H2,2-5H3. The van der Waals surface area contributed by atoms with E-state index in [-0.39, 0.29) is 11.6 Å².